The van der Waals surface area contributed by atoms with Gasteiger partial charge in [-0.05, 0) is 31.4 Å². The first-order valence-electron chi connectivity index (χ1n) is 5.81. The minimum atomic E-state index is 1.10. The Labute approximate surface area is 83.7 Å². The third kappa shape index (κ3) is 11.5. The van der Waals surface area contributed by atoms with Crippen molar-refractivity contribution in [1.82, 2.24) is 0 Å². The summed E-state index contributed by atoms with van der Waals surface area (Å²) < 4.78 is 0. The quantitative estimate of drug-likeness (QED) is 0.370. The van der Waals surface area contributed by atoms with Crippen LogP contribution in [0.15, 0.2) is 17.9 Å². The molecule has 0 spiro atoms. The predicted molar refractivity (Wildman–Crippen MR) is 60.9 cm³/mol. The second kappa shape index (κ2) is 11.5. The van der Waals surface area contributed by atoms with Gasteiger partial charge in [-0.25, -0.2) is 0 Å². The summed E-state index contributed by atoms with van der Waals surface area (Å²) >= 11 is 0. The minimum absolute atomic E-state index is 1.10. The van der Waals surface area contributed by atoms with Crippen molar-refractivity contribution in [3.05, 3.63) is 17.9 Å². The van der Waals surface area contributed by atoms with Gasteiger partial charge in [0.05, 0.1) is 0 Å². The summed E-state index contributed by atoms with van der Waals surface area (Å²) in [6, 6.07) is 0. The Morgan fingerprint density at radius 3 is 2.23 bits per heavy atom. The van der Waals surface area contributed by atoms with E-state index in [1.165, 1.54) is 44.9 Å². The molecule has 0 atom stereocenters. The molecule has 76 valence electrons. The molecule has 0 radical (unpaired) electrons. The van der Waals surface area contributed by atoms with Crippen molar-refractivity contribution in [2.45, 2.75) is 65.2 Å². The predicted octanol–water partition coefficient (Wildman–Crippen LogP) is 4.86. The number of hydrogen-bond acceptors (Lipinski definition) is 0. The van der Waals surface area contributed by atoms with Crippen molar-refractivity contribution in [3.63, 3.8) is 0 Å². The number of allylic oxidation sites excluding steroid dienone is 1. The Hall–Kier alpha value is -0.480. The van der Waals surface area contributed by atoms with E-state index in [0.29, 0.717) is 0 Å². The Bertz CT molecular complexity index is 138. The highest BCUT2D eigenvalue weighted by molar-refractivity contribution is 4.83. The minimum Gasteiger partial charge on any atom is -0.130 e. The first-order chi connectivity index (χ1) is 6.41. The molecule has 0 aromatic rings. The summed E-state index contributed by atoms with van der Waals surface area (Å²) in [5, 5.41) is 0. The summed E-state index contributed by atoms with van der Waals surface area (Å²) in [6.45, 7) is 4.41. The maximum Gasteiger partial charge on any atom is -0.0274 e. The first-order valence-corrected chi connectivity index (χ1v) is 5.81. The van der Waals surface area contributed by atoms with Crippen LogP contribution in [0.3, 0.4) is 0 Å². The Morgan fingerprint density at radius 2 is 1.54 bits per heavy atom. The largest absolute Gasteiger partial charge is 0.130 e. The van der Waals surface area contributed by atoms with Crippen LogP contribution in [0.1, 0.15) is 65.2 Å². The maximum atomic E-state index is 3.19. The normalized spacial score (nSPS) is 9.38. The zero-order valence-corrected chi connectivity index (χ0v) is 9.31. The van der Waals surface area contributed by atoms with E-state index in [2.05, 4.69) is 31.7 Å². The van der Waals surface area contributed by atoms with E-state index >= 15 is 0 Å². The Morgan fingerprint density at radius 1 is 0.846 bits per heavy atom. The molecule has 0 heterocycles. The van der Waals surface area contributed by atoms with E-state index in [1.807, 2.05) is 0 Å². The van der Waals surface area contributed by atoms with Crippen LogP contribution >= 0.6 is 0 Å². The lowest BCUT2D eigenvalue weighted by molar-refractivity contribution is 0.611. The standard InChI is InChI=1S/C13H24/c1-3-5-7-9-11-13-12-10-8-6-4-2/h5,9H,3-4,6,8,10-13H2,1-2H3. The monoisotopic (exact) mass is 180 g/mol. The van der Waals surface area contributed by atoms with Crippen molar-refractivity contribution < 1.29 is 0 Å². The Kier molecular flexibility index (Phi) is 11.1. The van der Waals surface area contributed by atoms with Crippen LogP contribution in [0.25, 0.3) is 0 Å². The molecular formula is C13H24. The van der Waals surface area contributed by atoms with Gasteiger partial charge in [0.1, 0.15) is 0 Å². The molecule has 0 nitrogen and oxygen atoms in total. The van der Waals surface area contributed by atoms with E-state index in [9.17, 15) is 0 Å². The fraction of sp³-hybridized carbons (Fsp3) is 0.769. The average Bonchev–Trinajstić information content (AvgIpc) is 2.16. The molecule has 0 N–H and O–H groups in total. The van der Waals surface area contributed by atoms with Crippen molar-refractivity contribution in [1.29, 1.82) is 0 Å². The second-order valence-electron chi connectivity index (χ2n) is 3.54. The molecule has 0 rings (SSSR count). The molecule has 0 saturated heterocycles. The van der Waals surface area contributed by atoms with E-state index in [0.717, 1.165) is 6.42 Å². The van der Waals surface area contributed by atoms with Crippen molar-refractivity contribution in [2.75, 3.05) is 0 Å². The summed E-state index contributed by atoms with van der Waals surface area (Å²) in [4.78, 5) is 0. The highest BCUT2D eigenvalue weighted by Gasteiger charge is 1.87. The van der Waals surface area contributed by atoms with Crippen LogP contribution in [-0.4, -0.2) is 0 Å². The lowest BCUT2D eigenvalue weighted by Crippen LogP contribution is -1.77. The fourth-order valence-corrected chi connectivity index (χ4v) is 1.31. The van der Waals surface area contributed by atoms with Crippen LogP contribution in [0.4, 0.5) is 0 Å². The fourth-order valence-electron chi connectivity index (χ4n) is 1.31. The lowest BCUT2D eigenvalue weighted by Gasteiger charge is -1.96. The highest BCUT2D eigenvalue weighted by atomic mass is 13.9. The van der Waals surface area contributed by atoms with Gasteiger partial charge >= 0.3 is 0 Å². The van der Waals surface area contributed by atoms with Crippen molar-refractivity contribution in [2.24, 2.45) is 0 Å². The van der Waals surface area contributed by atoms with Crippen LogP contribution in [0.5, 0.6) is 0 Å². The molecule has 0 aliphatic heterocycles. The molecule has 0 amide bonds. The summed E-state index contributed by atoms with van der Waals surface area (Å²) in [7, 11) is 0. The molecule has 0 unspecified atom stereocenters. The van der Waals surface area contributed by atoms with Gasteiger partial charge in [0.25, 0.3) is 0 Å². The second-order valence-corrected chi connectivity index (χ2v) is 3.54. The van der Waals surface area contributed by atoms with Gasteiger partial charge in [0.15, 0.2) is 0 Å². The van der Waals surface area contributed by atoms with Crippen molar-refractivity contribution in [3.8, 4) is 0 Å². The molecule has 0 aliphatic rings. The van der Waals surface area contributed by atoms with Crippen LogP contribution in [-0.2, 0) is 0 Å². The van der Waals surface area contributed by atoms with Gasteiger partial charge in [0, 0.05) is 0 Å². The van der Waals surface area contributed by atoms with E-state index < -0.39 is 0 Å². The van der Waals surface area contributed by atoms with Gasteiger partial charge in [0.2, 0.25) is 0 Å². The molecule has 13 heavy (non-hydrogen) atoms. The van der Waals surface area contributed by atoms with Crippen LogP contribution in [0.2, 0.25) is 0 Å². The topological polar surface area (TPSA) is 0 Å². The summed E-state index contributed by atoms with van der Waals surface area (Å²) in [5.74, 6) is 0. The van der Waals surface area contributed by atoms with Gasteiger partial charge in [-0.3, -0.25) is 0 Å². The zero-order valence-electron chi connectivity index (χ0n) is 9.31. The number of unbranched alkanes of at least 4 members (excludes halogenated alkanes) is 6. The average molecular weight is 180 g/mol. The molecule has 0 saturated carbocycles. The zero-order chi connectivity index (χ0) is 9.78. The molecule has 0 aromatic heterocycles. The van der Waals surface area contributed by atoms with Gasteiger partial charge in [-0.2, -0.15) is 0 Å². The number of rotatable bonds is 8. The summed E-state index contributed by atoms with van der Waals surface area (Å²) in [5.41, 5.74) is 3.19. The lowest BCUT2D eigenvalue weighted by atomic mass is 10.1. The molecule has 0 bridgehead atoms. The molecular weight excluding hydrogens is 156 g/mol. The SMILES string of the molecule is CCC=C=CCCCCCCCC. The van der Waals surface area contributed by atoms with Gasteiger partial charge in [-0.15, -0.1) is 5.73 Å². The highest BCUT2D eigenvalue weighted by Crippen LogP contribution is 2.06. The first kappa shape index (κ1) is 12.5. The van der Waals surface area contributed by atoms with E-state index in [-0.39, 0.29) is 0 Å². The van der Waals surface area contributed by atoms with Crippen molar-refractivity contribution >= 4 is 0 Å². The Balaban J connectivity index is 3.03. The molecule has 0 aromatic carbocycles. The molecule has 0 fully saturated rings. The van der Waals surface area contributed by atoms with Gasteiger partial charge in [-0.1, -0.05) is 46.0 Å². The van der Waals surface area contributed by atoms with E-state index in [4.69, 9.17) is 0 Å². The summed E-state index contributed by atoms with van der Waals surface area (Å²) in [6.07, 6.45) is 14.9. The van der Waals surface area contributed by atoms with Gasteiger partial charge < -0.3 is 0 Å². The molecule has 0 heteroatoms. The smallest absolute Gasteiger partial charge is 0.0274 e. The van der Waals surface area contributed by atoms with Crippen LogP contribution < -0.4 is 0 Å². The third-order valence-electron chi connectivity index (χ3n) is 2.14. The third-order valence-corrected chi connectivity index (χ3v) is 2.14. The maximum absolute atomic E-state index is 3.19. The molecule has 0 aliphatic carbocycles. The van der Waals surface area contributed by atoms with Crippen LogP contribution in [0, 0.1) is 0 Å². The number of hydrogen-bond donors (Lipinski definition) is 0. The van der Waals surface area contributed by atoms with E-state index in [1.54, 1.807) is 0 Å².